The number of ether oxygens (including phenoxy) is 4. The highest BCUT2D eigenvalue weighted by Gasteiger charge is 2.26. The van der Waals surface area contributed by atoms with Gasteiger partial charge >= 0.3 is 0 Å². The molecule has 0 bridgehead atoms. The Bertz CT molecular complexity index is 1050. The second-order valence-electron chi connectivity index (χ2n) is 6.50. The van der Waals surface area contributed by atoms with E-state index in [0.717, 1.165) is 0 Å². The van der Waals surface area contributed by atoms with Gasteiger partial charge in [-0.3, -0.25) is 9.59 Å². The predicted molar refractivity (Wildman–Crippen MR) is 126 cm³/mol. The molecule has 0 saturated carbocycles. The van der Waals surface area contributed by atoms with E-state index in [-0.39, 0.29) is 32.9 Å². The van der Waals surface area contributed by atoms with Gasteiger partial charge in [-0.05, 0) is 32.9 Å². The summed E-state index contributed by atoms with van der Waals surface area (Å²) in [6, 6.07) is 4.79. The van der Waals surface area contributed by atoms with E-state index in [0.29, 0.717) is 24.7 Å². The van der Waals surface area contributed by atoms with Crippen LogP contribution in [0.15, 0.2) is 34.5 Å². The molecule has 11 heteroatoms. The van der Waals surface area contributed by atoms with Crippen molar-refractivity contribution in [2.24, 2.45) is 10.2 Å². The third kappa shape index (κ3) is 6.49. The number of Topliss-reactive ketones (excluding diaryl/α,β-unsaturated/α-hetero) is 1. The molecule has 0 aliphatic carbocycles. The second-order valence-corrected chi connectivity index (χ2v) is 7.28. The quantitative estimate of drug-likeness (QED) is 0.324. The zero-order valence-electron chi connectivity index (χ0n) is 18.9. The summed E-state index contributed by atoms with van der Waals surface area (Å²) in [6.45, 7) is 5.46. The van der Waals surface area contributed by atoms with E-state index in [2.05, 4.69) is 15.5 Å². The van der Waals surface area contributed by atoms with Gasteiger partial charge in [0.1, 0.15) is 16.5 Å². The largest absolute Gasteiger partial charge is 0.497 e. The molecule has 2 aromatic carbocycles. The Labute approximate surface area is 202 Å². The van der Waals surface area contributed by atoms with Gasteiger partial charge in [-0.15, -0.1) is 5.11 Å². The molecule has 0 saturated heterocycles. The van der Waals surface area contributed by atoms with Crippen LogP contribution in [-0.4, -0.2) is 45.2 Å². The van der Waals surface area contributed by atoms with E-state index in [1.807, 2.05) is 0 Å². The van der Waals surface area contributed by atoms with Crippen molar-refractivity contribution in [3.63, 3.8) is 0 Å². The van der Waals surface area contributed by atoms with Gasteiger partial charge in [0.25, 0.3) is 5.91 Å². The van der Waals surface area contributed by atoms with Crippen LogP contribution in [0.4, 0.5) is 11.4 Å². The Morgan fingerprint density at radius 1 is 1.03 bits per heavy atom. The van der Waals surface area contributed by atoms with Gasteiger partial charge in [0.15, 0.2) is 23.0 Å². The Balaban J connectivity index is 2.42. The number of methoxy groups -OCH3 is 2. The highest BCUT2D eigenvalue weighted by atomic mass is 35.5. The number of carbonyl (C=O) groups is 2. The zero-order chi connectivity index (χ0) is 24.5. The molecular weight excluding hydrogens is 473 g/mol. The van der Waals surface area contributed by atoms with Gasteiger partial charge in [0.05, 0.1) is 38.1 Å². The summed E-state index contributed by atoms with van der Waals surface area (Å²) in [5, 5.41) is 11.1. The minimum atomic E-state index is -1.47. The number of halogens is 2. The number of benzene rings is 2. The fourth-order valence-corrected chi connectivity index (χ4v) is 3.18. The first kappa shape index (κ1) is 26.2. The van der Waals surface area contributed by atoms with Crippen LogP contribution in [0.25, 0.3) is 0 Å². The van der Waals surface area contributed by atoms with Crippen LogP contribution in [0.1, 0.15) is 20.8 Å². The standard InChI is InChI=1S/C22H25Cl2N3O6/c1-6-32-16-9-8-14(23)21(33-7-2)20(16)27-26-19(12(3)28)22(29)25-15-10-13(30-4)11-17(31-5)18(15)24/h8-11,19H,6-7H2,1-5H3,(H,25,29). The molecule has 1 unspecified atom stereocenters. The Hall–Kier alpha value is -3.04. The van der Waals surface area contributed by atoms with E-state index in [1.165, 1.54) is 27.2 Å². The summed E-state index contributed by atoms with van der Waals surface area (Å²) in [5.74, 6) is -0.0284. The Kier molecular flexibility index (Phi) is 9.74. The number of nitrogens with one attached hydrogen (secondary N) is 1. The predicted octanol–water partition coefficient (Wildman–Crippen LogP) is 5.49. The van der Waals surface area contributed by atoms with Crippen molar-refractivity contribution >= 4 is 46.3 Å². The van der Waals surface area contributed by atoms with Crippen LogP contribution >= 0.6 is 23.2 Å². The van der Waals surface area contributed by atoms with Crippen molar-refractivity contribution in [3.8, 4) is 23.0 Å². The number of hydrogen-bond acceptors (Lipinski definition) is 8. The lowest BCUT2D eigenvalue weighted by Gasteiger charge is -2.15. The molecule has 0 radical (unpaired) electrons. The Morgan fingerprint density at radius 2 is 1.73 bits per heavy atom. The third-order valence-electron chi connectivity index (χ3n) is 4.27. The monoisotopic (exact) mass is 497 g/mol. The van der Waals surface area contributed by atoms with Crippen LogP contribution in [-0.2, 0) is 9.59 Å². The lowest BCUT2D eigenvalue weighted by molar-refractivity contribution is -0.126. The molecule has 0 aliphatic heterocycles. The maximum Gasteiger partial charge on any atom is 0.258 e. The summed E-state index contributed by atoms with van der Waals surface area (Å²) in [7, 11) is 2.88. The summed E-state index contributed by atoms with van der Waals surface area (Å²) in [4.78, 5) is 25.1. The fraction of sp³-hybridized carbons (Fsp3) is 0.364. The molecule has 0 aromatic heterocycles. The summed E-state index contributed by atoms with van der Waals surface area (Å²) in [5.41, 5.74) is 0.360. The average Bonchev–Trinajstić information content (AvgIpc) is 2.78. The summed E-state index contributed by atoms with van der Waals surface area (Å²) >= 11 is 12.5. The molecule has 0 heterocycles. The molecule has 33 heavy (non-hydrogen) atoms. The van der Waals surface area contributed by atoms with Crippen molar-refractivity contribution in [1.29, 1.82) is 0 Å². The third-order valence-corrected chi connectivity index (χ3v) is 4.96. The number of carbonyl (C=O) groups excluding carboxylic acids is 2. The van der Waals surface area contributed by atoms with Gasteiger partial charge in [0.2, 0.25) is 6.04 Å². The topological polar surface area (TPSA) is 108 Å². The number of rotatable bonds is 11. The number of azo groups is 1. The van der Waals surface area contributed by atoms with Crippen LogP contribution in [0.5, 0.6) is 23.0 Å². The van der Waals surface area contributed by atoms with Crippen molar-refractivity contribution in [1.82, 2.24) is 0 Å². The van der Waals surface area contributed by atoms with Gasteiger partial charge in [-0.2, -0.15) is 5.11 Å². The normalized spacial score (nSPS) is 11.7. The molecule has 178 valence electrons. The second kappa shape index (κ2) is 12.3. The van der Waals surface area contributed by atoms with E-state index in [4.69, 9.17) is 42.1 Å². The van der Waals surface area contributed by atoms with Crippen molar-refractivity contribution in [2.45, 2.75) is 26.8 Å². The number of hydrogen-bond donors (Lipinski definition) is 1. The molecular formula is C22H25Cl2N3O6. The first-order valence-electron chi connectivity index (χ1n) is 9.99. The van der Waals surface area contributed by atoms with Crippen molar-refractivity contribution in [3.05, 3.63) is 34.3 Å². The van der Waals surface area contributed by atoms with Crippen LogP contribution in [0.3, 0.4) is 0 Å². The van der Waals surface area contributed by atoms with E-state index < -0.39 is 17.7 Å². The van der Waals surface area contributed by atoms with Gasteiger partial charge in [-0.1, -0.05) is 23.2 Å². The summed E-state index contributed by atoms with van der Waals surface area (Å²) < 4.78 is 21.5. The highest BCUT2D eigenvalue weighted by Crippen LogP contribution is 2.43. The molecule has 1 N–H and O–H groups in total. The molecule has 2 aromatic rings. The van der Waals surface area contributed by atoms with E-state index in [1.54, 1.807) is 32.0 Å². The Morgan fingerprint density at radius 3 is 2.30 bits per heavy atom. The zero-order valence-corrected chi connectivity index (χ0v) is 20.4. The summed E-state index contributed by atoms with van der Waals surface area (Å²) in [6.07, 6.45) is 0. The van der Waals surface area contributed by atoms with Crippen LogP contribution in [0.2, 0.25) is 10.0 Å². The molecule has 0 fully saturated rings. The molecule has 0 aliphatic rings. The maximum absolute atomic E-state index is 12.9. The SMILES string of the molecule is CCOc1ccc(Cl)c(OCC)c1N=NC(C(C)=O)C(=O)Nc1cc(OC)cc(OC)c1Cl. The minimum Gasteiger partial charge on any atom is -0.497 e. The molecule has 2 rings (SSSR count). The first-order valence-corrected chi connectivity index (χ1v) is 10.7. The van der Waals surface area contributed by atoms with E-state index >= 15 is 0 Å². The molecule has 1 amide bonds. The average molecular weight is 498 g/mol. The van der Waals surface area contributed by atoms with Crippen LogP contribution < -0.4 is 24.3 Å². The van der Waals surface area contributed by atoms with Crippen molar-refractivity contribution in [2.75, 3.05) is 32.8 Å². The lowest BCUT2D eigenvalue weighted by atomic mass is 10.2. The minimum absolute atomic E-state index is 0.137. The first-order chi connectivity index (χ1) is 15.8. The molecule has 1 atom stereocenters. The number of amides is 1. The van der Waals surface area contributed by atoms with E-state index in [9.17, 15) is 9.59 Å². The van der Waals surface area contributed by atoms with Gasteiger partial charge in [-0.25, -0.2) is 0 Å². The molecule has 9 nitrogen and oxygen atoms in total. The van der Waals surface area contributed by atoms with Gasteiger partial charge < -0.3 is 24.3 Å². The van der Waals surface area contributed by atoms with Crippen LogP contribution in [0, 0.1) is 0 Å². The highest BCUT2D eigenvalue weighted by molar-refractivity contribution is 6.35. The lowest BCUT2D eigenvalue weighted by Crippen LogP contribution is -2.32. The maximum atomic E-state index is 12.9. The smallest absolute Gasteiger partial charge is 0.258 e. The number of anilines is 1. The number of nitrogens with zero attached hydrogens (tertiary/aromatic N) is 2. The van der Waals surface area contributed by atoms with Gasteiger partial charge in [0, 0.05) is 12.1 Å². The van der Waals surface area contributed by atoms with Crippen molar-refractivity contribution < 1.29 is 28.5 Å². The fourth-order valence-electron chi connectivity index (χ4n) is 2.74. The molecule has 0 spiro atoms. The number of ketones is 1.